The van der Waals surface area contributed by atoms with Crippen molar-refractivity contribution in [3.63, 3.8) is 0 Å². The van der Waals surface area contributed by atoms with Crippen molar-refractivity contribution in [3.05, 3.63) is 76.5 Å². The minimum atomic E-state index is -4.95. The summed E-state index contributed by atoms with van der Waals surface area (Å²) < 4.78 is 116. The van der Waals surface area contributed by atoms with E-state index >= 15 is 0 Å². The van der Waals surface area contributed by atoms with Gasteiger partial charge in [0.25, 0.3) is 0 Å². The van der Waals surface area contributed by atoms with Crippen LogP contribution in [-0.4, -0.2) is 32.0 Å². The van der Waals surface area contributed by atoms with Crippen molar-refractivity contribution in [1.29, 1.82) is 0 Å². The maximum absolute atomic E-state index is 13.6. The first-order valence-electron chi connectivity index (χ1n) is 12.3. The molecular weight excluding hydrogens is 578 g/mol. The maximum Gasteiger partial charge on any atom is 0.573 e. The Morgan fingerprint density at radius 1 is 0.927 bits per heavy atom. The molecule has 41 heavy (non-hydrogen) atoms. The lowest BCUT2D eigenvalue weighted by Gasteiger charge is -2.43. The predicted molar refractivity (Wildman–Crippen MR) is 135 cm³/mol. The van der Waals surface area contributed by atoms with Crippen LogP contribution in [0.1, 0.15) is 24.8 Å². The number of ether oxygens (including phenoxy) is 2. The number of fused-ring (bicyclic) bond motifs is 2. The molecular formula is C27H21F6N2O5S+. The lowest BCUT2D eigenvalue weighted by atomic mass is 9.82. The van der Waals surface area contributed by atoms with Crippen LogP contribution in [0.5, 0.6) is 17.2 Å². The number of rotatable bonds is 3. The van der Waals surface area contributed by atoms with E-state index in [-0.39, 0.29) is 17.9 Å². The average Bonchev–Trinajstić information content (AvgIpc) is 2.90. The molecule has 3 aromatic carbocycles. The molecule has 3 aromatic rings. The van der Waals surface area contributed by atoms with Crippen molar-refractivity contribution in [2.75, 3.05) is 4.90 Å². The Morgan fingerprint density at radius 2 is 1.61 bits per heavy atom. The maximum atomic E-state index is 13.6. The standard InChI is InChI=1S/C27H21F6N2O5S/c28-26(29,30)17-8-13-24-22(14-17)35(20-5-1-2-7-23(20)39-24)21-6-3-4-16(25(21)36)15-34-41(37,38)19-11-9-18(10-12-19)40-27(31,32)33/h1-2,5,7-14,16,21,25,36H,3-4,6H2/q+1/t16?,21-,25?/m0/s1. The molecule has 0 saturated heterocycles. The van der Waals surface area contributed by atoms with Crippen molar-refractivity contribution in [2.24, 2.45) is 5.92 Å². The van der Waals surface area contributed by atoms with E-state index < -0.39 is 56.8 Å². The van der Waals surface area contributed by atoms with Crippen molar-refractivity contribution >= 4 is 21.4 Å². The smallest absolute Gasteiger partial charge is 0.453 e. The summed E-state index contributed by atoms with van der Waals surface area (Å²) in [6.45, 7) is 0. The number of para-hydroxylation sites is 2. The molecule has 3 atom stereocenters. The van der Waals surface area contributed by atoms with Gasteiger partial charge in [-0.05, 0) is 73.9 Å². The first kappa shape index (κ1) is 28.6. The van der Waals surface area contributed by atoms with E-state index in [9.17, 15) is 39.9 Å². The molecule has 1 saturated carbocycles. The fourth-order valence-electron chi connectivity index (χ4n) is 4.90. The fourth-order valence-corrected chi connectivity index (χ4v) is 5.76. The topological polar surface area (TPSA) is 80.4 Å². The number of hydrogen-bond acceptors (Lipinski definition) is 6. The summed E-state index contributed by atoms with van der Waals surface area (Å²) >= 11 is 0. The number of sulfonamides is 1. The minimum absolute atomic E-state index is 0.0916. The largest absolute Gasteiger partial charge is 0.573 e. The second-order valence-electron chi connectivity index (χ2n) is 9.43. The summed E-state index contributed by atoms with van der Waals surface area (Å²) in [6, 6.07) is 14.8. The zero-order valence-electron chi connectivity index (χ0n) is 20.9. The van der Waals surface area contributed by atoms with Gasteiger partial charge in [0.2, 0.25) is 0 Å². The molecule has 0 radical (unpaired) electrons. The number of hydrogen-bond donors (Lipinski definition) is 1. The summed E-state index contributed by atoms with van der Waals surface area (Å²) in [5.74, 6) is -1.01. The molecule has 0 spiro atoms. The van der Waals surface area contributed by atoms with Crippen LogP contribution >= 0.6 is 0 Å². The molecule has 0 bridgehead atoms. The molecule has 0 aromatic heterocycles. The van der Waals surface area contributed by atoms with E-state index in [0.717, 1.165) is 36.4 Å². The van der Waals surface area contributed by atoms with Gasteiger partial charge in [-0.1, -0.05) is 12.1 Å². The van der Waals surface area contributed by atoms with Gasteiger partial charge < -0.3 is 19.5 Å². The summed E-state index contributed by atoms with van der Waals surface area (Å²) in [7, 11) is -4.40. The van der Waals surface area contributed by atoms with Gasteiger partial charge in [0.1, 0.15) is 11.7 Å². The van der Waals surface area contributed by atoms with Crippen LogP contribution in [0.4, 0.5) is 37.7 Å². The lowest BCUT2D eigenvalue weighted by molar-refractivity contribution is -0.274. The van der Waals surface area contributed by atoms with Crippen molar-refractivity contribution < 1.29 is 49.3 Å². The van der Waals surface area contributed by atoms with Crippen LogP contribution in [0.25, 0.3) is 4.25 Å². The van der Waals surface area contributed by atoms with Crippen LogP contribution in [0.3, 0.4) is 0 Å². The van der Waals surface area contributed by atoms with E-state index in [0.29, 0.717) is 24.3 Å². The third-order valence-corrected chi connectivity index (χ3v) is 7.95. The molecule has 1 aliphatic heterocycles. The van der Waals surface area contributed by atoms with Crippen LogP contribution in [0.2, 0.25) is 0 Å². The number of anilines is 2. The van der Waals surface area contributed by atoms with E-state index in [1.165, 1.54) is 6.07 Å². The Hall–Kier alpha value is -3.96. The van der Waals surface area contributed by atoms with Crippen LogP contribution in [0.15, 0.2) is 71.6 Å². The molecule has 1 heterocycles. The normalized spacial score (nSPS) is 20.7. The highest BCUT2D eigenvalue weighted by Gasteiger charge is 2.43. The zero-order chi connectivity index (χ0) is 29.6. The lowest BCUT2D eigenvalue weighted by Crippen LogP contribution is -2.47. The molecule has 1 fully saturated rings. The van der Waals surface area contributed by atoms with Crippen molar-refractivity contribution in [1.82, 2.24) is 0 Å². The Labute approximate surface area is 230 Å². The fraction of sp³-hybridized carbons (Fsp3) is 0.296. The van der Waals surface area contributed by atoms with Gasteiger partial charge in [0.15, 0.2) is 16.4 Å². The second-order valence-corrected chi connectivity index (χ2v) is 11.0. The first-order chi connectivity index (χ1) is 19.2. The number of aliphatic hydroxyl groups excluding tert-OH is 1. The summed E-state index contributed by atoms with van der Waals surface area (Å²) in [5, 5.41) is 11.3. The van der Waals surface area contributed by atoms with E-state index in [4.69, 9.17) is 4.74 Å². The molecule has 2 unspecified atom stereocenters. The molecule has 216 valence electrons. The molecule has 0 amide bonds. The van der Waals surface area contributed by atoms with Crippen molar-refractivity contribution in [3.8, 4) is 23.3 Å². The molecule has 14 heteroatoms. The van der Waals surface area contributed by atoms with E-state index in [1.54, 1.807) is 29.2 Å². The highest BCUT2D eigenvalue weighted by atomic mass is 32.2. The van der Waals surface area contributed by atoms with Crippen LogP contribution < -0.4 is 14.4 Å². The highest BCUT2D eigenvalue weighted by molar-refractivity contribution is 7.93. The Kier molecular flexibility index (Phi) is 7.29. The number of alkyl halides is 6. The molecule has 7 nitrogen and oxygen atoms in total. The van der Waals surface area contributed by atoms with Gasteiger partial charge >= 0.3 is 28.6 Å². The third kappa shape index (κ3) is 6.06. The highest BCUT2D eigenvalue weighted by Crippen LogP contribution is 2.51. The monoisotopic (exact) mass is 599 g/mol. The van der Waals surface area contributed by atoms with Gasteiger partial charge in [-0.15, -0.1) is 21.6 Å². The molecule has 1 N–H and O–H groups in total. The molecule has 2 aliphatic rings. The molecule has 5 rings (SSSR count). The first-order valence-corrected chi connectivity index (χ1v) is 13.7. The van der Waals surface area contributed by atoms with Gasteiger partial charge in [-0.2, -0.15) is 13.2 Å². The predicted octanol–water partition coefficient (Wildman–Crippen LogP) is 7.10. The minimum Gasteiger partial charge on any atom is -0.453 e. The zero-order valence-corrected chi connectivity index (χ0v) is 21.7. The number of halogens is 6. The van der Waals surface area contributed by atoms with Gasteiger partial charge in [-0.25, -0.2) is 0 Å². The summed E-state index contributed by atoms with van der Waals surface area (Å²) in [4.78, 5) is 1.15. The van der Waals surface area contributed by atoms with Crippen LogP contribution in [-0.2, 0) is 16.2 Å². The SMILES string of the molecule is O=S(=O)([N+]#CC1CCC[C@H](N2c3ccccc3Oc3ccc(C(F)(F)F)cc32)C1O)c1ccc(OC(F)(F)F)cc1. The number of benzene rings is 3. The van der Waals surface area contributed by atoms with Gasteiger partial charge in [0.05, 0.1) is 33.3 Å². The third-order valence-electron chi connectivity index (χ3n) is 6.74. The average molecular weight is 600 g/mol. The quantitative estimate of drug-likeness (QED) is 0.324. The second kappa shape index (κ2) is 10.5. The van der Waals surface area contributed by atoms with Crippen molar-refractivity contribution in [2.45, 2.75) is 48.8 Å². The molecule has 1 aliphatic carbocycles. The van der Waals surface area contributed by atoms with Gasteiger partial charge in [-0.3, -0.25) is 0 Å². The van der Waals surface area contributed by atoms with E-state index in [2.05, 4.69) is 15.1 Å². The Balaban J connectivity index is 1.45. The Morgan fingerprint density at radius 3 is 2.29 bits per heavy atom. The summed E-state index contributed by atoms with van der Waals surface area (Å²) in [5.41, 5.74) is -0.388. The summed E-state index contributed by atoms with van der Waals surface area (Å²) in [6.07, 6.45) is -9.76. The Bertz CT molecular complexity index is 1610. The van der Waals surface area contributed by atoms with Gasteiger partial charge in [0, 0.05) is 0 Å². The van der Waals surface area contributed by atoms with Crippen LogP contribution in [0, 0.1) is 12.0 Å². The number of aliphatic hydroxyl groups is 1. The number of nitrogens with zero attached hydrogens (tertiary/aromatic N) is 2. The van der Waals surface area contributed by atoms with E-state index in [1.807, 2.05) is 0 Å².